The maximum atomic E-state index is 6.04. The average Bonchev–Trinajstić information content (AvgIpc) is 2.27. The van der Waals surface area contributed by atoms with Crippen molar-refractivity contribution in [3.63, 3.8) is 0 Å². The molecule has 0 aromatic heterocycles. The van der Waals surface area contributed by atoms with Crippen LogP contribution in [0.3, 0.4) is 0 Å². The normalized spacial score (nSPS) is 12.1. The lowest BCUT2D eigenvalue weighted by atomic mass is 10.2. The van der Waals surface area contributed by atoms with E-state index in [1.54, 1.807) is 0 Å². The van der Waals surface area contributed by atoms with Crippen LogP contribution in [0.25, 0.3) is 0 Å². The number of benzene rings is 2. The van der Waals surface area contributed by atoms with Crippen molar-refractivity contribution >= 4 is 23.0 Å². The van der Waals surface area contributed by atoms with Crippen LogP contribution in [0.5, 0.6) is 11.5 Å². The van der Waals surface area contributed by atoms with Gasteiger partial charge in [-0.15, -0.1) is 0 Å². The van der Waals surface area contributed by atoms with Crippen LogP contribution in [0, 0.1) is 0 Å². The molecule has 2 aromatic carbocycles. The minimum absolute atomic E-state index is 0.620. The summed E-state index contributed by atoms with van der Waals surface area (Å²) in [6, 6.07) is 13.4. The zero-order chi connectivity index (χ0) is 10.3. The van der Waals surface area contributed by atoms with Crippen molar-refractivity contribution in [1.82, 2.24) is 0 Å². The zero-order valence-electron chi connectivity index (χ0n) is 7.83. The Morgan fingerprint density at radius 1 is 0.933 bits per heavy atom. The van der Waals surface area contributed by atoms with Crippen molar-refractivity contribution in [2.75, 3.05) is 5.32 Å². The Morgan fingerprint density at radius 2 is 1.73 bits per heavy atom. The van der Waals surface area contributed by atoms with Crippen LogP contribution in [0.4, 0.5) is 11.4 Å². The highest BCUT2D eigenvalue weighted by atomic mass is 35.5. The SMILES string of the molecule is Clc1cccc2c1Oc1ccccc1N2. The monoisotopic (exact) mass is 217 g/mol. The van der Waals surface area contributed by atoms with Crippen LogP contribution in [-0.4, -0.2) is 0 Å². The third-order valence-corrected chi connectivity index (χ3v) is 2.63. The van der Waals surface area contributed by atoms with Crippen LogP contribution in [0.2, 0.25) is 5.02 Å². The van der Waals surface area contributed by atoms with Gasteiger partial charge in [-0.3, -0.25) is 0 Å². The molecule has 3 heteroatoms. The van der Waals surface area contributed by atoms with Gasteiger partial charge in [-0.1, -0.05) is 29.8 Å². The number of para-hydroxylation sites is 3. The topological polar surface area (TPSA) is 21.3 Å². The summed E-state index contributed by atoms with van der Waals surface area (Å²) in [4.78, 5) is 0. The average molecular weight is 218 g/mol. The number of fused-ring (bicyclic) bond motifs is 2. The first-order valence-corrected chi connectivity index (χ1v) is 5.05. The number of ether oxygens (including phenoxy) is 1. The van der Waals surface area contributed by atoms with E-state index in [1.165, 1.54) is 0 Å². The second kappa shape index (κ2) is 3.17. The first kappa shape index (κ1) is 8.62. The van der Waals surface area contributed by atoms with Crippen LogP contribution in [0.1, 0.15) is 0 Å². The van der Waals surface area contributed by atoms with E-state index in [0.29, 0.717) is 10.8 Å². The Bertz CT molecular complexity index is 525. The number of halogens is 1. The van der Waals surface area contributed by atoms with Crippen LogP contribution >= 0.6 is 11.6 Å². The third kappa shape index (κ3) is 1.34. The minimum Gasteiger partial charge on any atom is -0.451 e. The standard InChI is InChI=1S/C12H8ClNO/c13-8-4-3-6-10-12(8)15-11-7-2-1-5-9(11)14-10/h1-7,14H. The van der Waals surface area contributed by atoms with Crippen LogP contribution in [0.15, 0.2) is 42.5 Å². The maximum absolute atomic E-state index is 6.04. The molecule has 0 spiro atoms. The van der Waals surface area contributed by atoms with Crippen LogP contribution < -0.4 is 10.1 Å². The highest BCUT2D eigenvalue weighted by Crippen LogP contribution is 2.44. The van der Waals surface area contributed by atoms with Crippen molar-refractivity contribution in [3.8, 4) is 11.5 Å². The van der Waals surface area contributed by atoms with E-state index >= 15 is 0 Å². The van der Waals surface area contributed by atoms with Gasteiger partial charge in [0.1, 0.15) is 0 Å². The van der Waals surface area contributed by atoms with E-state index in [-0.39, 0.29) is 0 Å². The fourth-order valence-electron chi connectivity index (χ4n) is 1.62. The van der Waals surface area contributed by atoms with E-state index in [0.717, 1.165) is 17.1 Å². The summed E-state index contributed by atoms with van der Waals surface area (Å²) >= 11 is 6.04. The summed E-state index contributed by atoms with van der Waals surface area (Å²) in [5.41, 5.74) is 1.87. The summed E-state index contributed by atoms with van der Waals surface area (Å²) in [5.74, 6) is 1.50. The smallest absolute Gasteiger partial charge is 0.169 e. The molecule has 3 rings (SSSR count). The molecular weight excluding hydrogens is 210 g/mol. The minimum atomic E-state index is 0.620. The number of anilines is 2. The second-order valence-corrected chi connectivity index (χ2v) is 3.75. The van der Waals surface area contributed by atoms with Gasteiger partial charge >= 0.3 is 0 Å². The Morgan fingerprint density at radius 3 is 2.67 bits per heavy atom. The van der Waals surface area contributed by atoms with Gasteiger partial charge in [0.15, 0.2) is 11.5 Å². The molecule has 0 saturated heterocycles. The molecular formula is C12H8ClNO. The molecule has 0 radical (unpaired) electrons. The van der Waals surface area contributed by atoms with Gasteiger partial charge in [-0.05, 0) is 24.3 Å². The Labute approximate surface area is 92.4 Å². The molecule has 0 atom stereocenters. The molecule has 2 aromatic rings. The molecule has 0 bridgehead atoms. The summed E-state index contributed by atoms with van der Waals surface area (Å²) in [7, 11) is 0. The predicted molar refractivity (Wildman–Crippen MR) is 61.3 cm³/mol. The predicted octanol–water partition coefficient (Wildman–Crippen LogP) is 4.19. The Hall–Kier alpha value is -1.67. The van der Waals surface area contributed by atoms with Gasteiger partial charge in [0.2, 0.25) is 0 Å². The van der Waals surface area contributed by atoms with Gasteiger partial charge in [0.25, 0.3) is 0 Å². The molecule has 0 fully saturated rings. The molecule has 15 heavy (non-hydrogen) atoms. The second-order valence-electron chi connectivity index (χ2n) is 3.34. The van der Waals surface area contributed by atoms with E-state index in [2.05, 4.69) is 5.32 Å². The lowest BCUT2D eigenvalue weighted by Gasteiger charge is -2.22. The van der Waals surface area contributed by atoms with Crippen molar-refractivity contribution in [2.45, 2.75) is 0 Å². The molecule has 0 unspecified atom stereocenters. The highest BCUT2D eigenvalue weighted by Gasteiger charge is 2.17. The van der Waals surface area contributed by atoms with Crippen molar-refractivity contribution in [2.24, 2.45) is 0 Å². The molecule has 2 nitrogen and oxygen atoms in total. The quantitative estimate of drug-likeness (QED) is 0.610. The molecule has 1 N–H and O–H groups in total. The summed E-state index contributed by atoms with van der Waals surface area (Å²) in [5, 5.41) is 3.89. The molecule has 0 amide bonds. The maximum Gasteiger partial charge on any atom is 0.169 e. The summed E-state index contributed by atoms with van der Waals surface area (Å²) < 4.78 is 5.71. The van der Waals surface area contributed by atoms with Crippen molar-refractivity contribution < 1.29 is 4.74 Å². The fourth-order valence-corrected chi connectivity index (χ4v) is 1.84. The largest absolute Gasteiger partial charge is 0.451 e. The van der Waals surface area contributed by atoms with E-state index in [1.807, 2.05) is 42.5 Å². The van der Waals surface area contributed by atoms with E-state index < -0.39 is 0 Å². The first-order valence-electron chi connectivity index (χ1n) is 4.67. The lowest BCUT2D eigenvalue weighted by molar-refractivity contribution is 0.481. The van der Waals surface area contributed by atoms with Gasteiger partial charge in [0.05, 0.1) is 16.4 Å². The van der Waals surface area contributed by atoms with Gasteiger partial charge < -0.3 is 10.1 Å². The molecule has 74 valence electrons. The summed E-state index contributed by atoms with van der Waals surface area (Å²) in [6.07, 6.45) is 0. The van der Waals surface area contributed by atoms with Gasteiger partial charge in [-0.2, -0.15) is 0 Å². The molecule has 1 aliphatic heterocycles. The van der Waals surface area contributed by atoms with E-state index in [9.17, 15) is 0 Å². The van der Waals surface area contributed by atoms with Gasteiger partial charge in [-0.25, -0.2) is 0 Å². The number of rotatable bonds is 0. The molecule has 0 aliphatic carbocycles. The number of nitrogens with one attached hydrogen (secondary N) is 1. The highest BCUT2D eigenvalue weighted by molar-refractivity contribution is 6.32. The van der Waals surface area contributed by atoms with Crippen LogP contribution in [-0.2, 0) is 0 Å². The van der Waals surface area contributed by atoms with Crippen molar-refractivity contribution in [3.05, 3.63) is 47.5 Å². The summed E-state index contributed by atoms with van der Waals surface area (Å²) in [6.45, 7) is 0. The number of hydrogen-bond donors (Lipinski definition) is 1. The fraction of sp³-hybridized carbons (Fsp3) is 0. The Kier molecular flexibility index (Phi) is 1.82. The first-order chi connectivity index (χ1) is 7.34. The Balaban J connectivity index is 2.15. The molecule has 1 heterocycles. The lowest BCUT2D eigenvalue weighted by Crippen LogP contribution is -2.02. The van der Waals surface area contributed by atoms with Crippen molar-refractivity contribution in [1.29, 1.82) is 0 Å². The zero-order valence-corrected chi connectivity index (χ0v) is 8.58. The molecule has 1 aliphatic rings. The van der Waals surface area contributed by atoms with Gasteiger partial charge in [0, 0.05) is 0 Å². The van der Waals surface area contributed by atoms with E-state index in [4.69, 9.17) is 16.3 Å². The number of hydrogen-bond acceptors (Lipinski definition) is 2. The third-order valence-electron chi connectivity index (χ3n) is 2.34. The molecule has 0 saturated carbocycles.